The first-order valence-electron chi connectivity index (χ1n) is 6.28. The number of hydrogen-bond acceptors (Lipinski definition) is 3. The molecule has 0 bridgehead atoms. The van der Waals surface area contributed by atoms with E-state index >= 15 is 0 Å². The van der Waals surface area contributed by atoms with Gasteiger partial charge < -0.3 is 10.4 Å². The Hall–Kier alpha value is -0.120. The highest BCUT2D eigenvalue weighted by Crippen LogP contribution is 2.20. The molecule has 0 spiro atoms. The normalized spacial score (nSPS) is 13.5. The van der Waals surface area contributed by atoms with Crippen LogP contribution in [0.2, 0.25) is 0 Å². The molecule has 0 heterocycles. The summed E-state index contributed by atoms with van der Waals surface area (Å²) in [6.07, 6.45) is 1.17. The lowest BCUT2D eigenvalue weighted by Crippen LogP contribution is -2.50. The van der Waals surface area contributed by atoms with Crippen molar-refractivity contribution < 1.29 is 5.11 Å². The maximum absolute atomic E-state index is 9.32. The van der Waals surface area contributed by atoms with Crippen molar-refractivity contribution in [3.05, 3.63) is 0 Å². The fraction of sp³-hybridized carbons (Fsp3) is 1.00. The van der Waals surface area contributed by atoms with Crippen LogP contribution >= 0.6 is 0 Å². The van der Waals surface area contributed by atoms with Crippen molar-refractivity contribution in [2.75, 3.05) is 33.3 Å². The zero-order valence-corrected chi connectivity index (χ0v) is 11.9. The van der Waals surface area contributed by atoms with Crippen molar-refractivity contribution >= 4 is 0 Å². The van der Waals surface area contributed by atoms with E-state index < -0.39 is 0 Å². The summed E-state index contributed by atoms with van der Waals surface area (Å²) in [6.45, 7) is 14.1. The van der Waals surface area contributed by atoms with E-state index in [-0.39, 0.29) is 17.6 Å². The lowest BCUT2D eigenvalue weighted by molar-refractivity contribution is 0.0499. The van der Waals surface area contributed by atoms with Crippen LogP contribution in [0.25, 0.3) is 0 Å². The van der Waals surface area contributed by atoms with Gasteiger partial charge in [-0.2, -0.15) is 0 Å². The van der Waals surface area contributed by atoms with Crippen LogP contribution in [0.4, 0.5) is 0 Å². The molecule has 2 N–H and O–H groups in total. The van der Waals surface area contributed by atoms with Crippen LogP contribution in [0, 0.1) is 5.41 Å². The summed E-state index contributed by atoms with van der Waals surface area (Å²) in [7, 11) is 2.08. The number of rotatable bonds is 8. The molecule has 0 aromatic heterocycles. The van der Waals surface area contributed by atoms with Gasteiger partial charge in [0, 0.05) is 18.6 Å². The number of hydrogen-bond donors (Lipinski definition) is 2. The highest BCUT2D eigenvalue weighted by Gasteiger charge is 2.28. The highest BCUT2D eigenvalue weighted by atomic mass is 16.3. The number of aliphatic hydroxyl groups is 1. The quantitative estimate of drug-likeness (QED) is 0.623. The third-order valence-electron chi connectivity index (χ3n) is 3.12. The minimum absolute atomic E-state index is 0.137. The molecule has 0 aromatic carbocycles. The van der Waals surface area contributed by atoms with Crippen molar-refractivity contribution in [2.24, 2.45) is 5.41 Å². The van der Waals surface area contributed by atoms with Crippen LogP contribution in [0.1, 0.15) is 41.0 Å². The summed E-state index contributed by atoms with van der Waals surface area (Å²) in [5, 5.41) is 12.8. The van der Waals surface area contributed by atoms with Gasteiger partial charge in [0.25, 0.3) is 0 Å². The molecular formula is C13H30N2O. The van der Waals surface area contributed by atoms with E-state index in [0.29, 0.717) is 0 Å². The average Bonchev–Trinajstić information content (AvgIpc) is 2.17. The Morgan fingerprint density at radius 2 is 1.75 bits per heavy atom. The molecule has 16 heavy (non-hydrogen) atoms. The lowest BCUT2D eigenvalue weighted by atomic mass is 9.90. The van der Waals surface area contributed by atoms with E-state index in [4.69, 9.17) is 0 Å². The van der Waals surface area contributed by atoms with Crippen molar-refractivity contribution in [3.8, 4) is 0 Å². The Labute approximate surface area is 101 Å². The van der Waals surface area contributed by atoms with Gasteiger partial charge in [0.1, 0.15) is 0 Å². The van der Waals surface area contributed by atoms with Crippen LogP contribution in [-0.2, 0) is 0 Å². The van der Waals surface area contributed by atoms with E-state index in [0.717, 1.165) is 19.6 Å². The van der Waals surface area contributed by atoms with E-state index in [1.807, 2.05) is 0 Å². The maximum atomic E-state index is 9.32. The molecule has 0 aromatic rings. The van der Waals surface area contributed by atoms with Gasteiger partial charge in [-0.3, -0.25) is 4.90 Å². The van der Waals surface area contributed by atoms with Gasteiger partial charge >= 0.3 is 0 Å². The molecule has 3 nitrogen and oxygen atoms in total. The van der Waals surface area contributed by atoms with Crippen LogP contribution < -0.4 is 5.32 Å². The molecular weight excluding hydrogens is 200 g/mol. The summed E-state index contributed by atoms with van der Waals surface area (Å²) in [4.78, 5) is 2.24. The molecule has 0 saturated carbocycles. The molecule has 0 aliphatic rings. The Kier molecular flexibility index (Phi) is 6.53. The molecule has 0 fully saturated rings. The van der Waals surface area contributed by atoms with E-state index in [2.05, 4.69) is 51.9 Å². The predicted molar refractivity (Wildman–Crippen MR) is 70.7 cm³/mol. The maximum Gasteiger partial charge on any atom is 0.0609 e. The van der Waals surface area contributed by atoms with Crippen molar-refractivity contribution in [1.29, 1.82) is 0 Å². The standard InChI is InChI=1S/C13H30N2O/c1-7-8-14-9-12(2,3)10-15(6)13(4,5)11-16/h14,16H,7-11H2,1-6H3. The van der Waals surface area contributed by atoms with Gasteiger partial charge in [0.05, 0.1) is 6.61 Å². The molecule has 0 aliphatic heterocycles. The summed E-state index contributed by atoms with van der Waals surface area (Å²) in [6, 6.07) is 0. The number of aliphatic hydroxyl groups excluding tert-OH is 1. The Morgan fingerprint density at radius 3 is 2.19 bits per heavy atom. The van der Waals surface area contributed by atoms with Gasteiger partial charge in [0.2, 0.25) is 0 Å². The van der Waals surface area contributed by atoms with Gasteiger partial charge in [-0.15, -0.1) is 0 Å². The predicted octanol–water partition coefficient (Wildman–Crippen LogP) is 1.71. The van der Waals surface area contributed by atoms with Crippen molar-refractivity contribution in [1.82, 2.24) is 10.2 Å². The SMILES string of the molecule is CCCNCC(C)(C)CN(C)C(C)(C)CO. The fourth-order valence-corrected chi connectivity index (χ4v) is 1.64. The van der Waals surface area contributed by atoms with Crippen LogP contribution in [0.15, 0.2) is 0 Å². The summed E-state index contributed by atoms with van der Waals surface area (Å²) >= 11 is 0. The Balaban J connectivity index is 4.14. The largest absolute Gasteiger partial charge is 0.394 e. The molecule has 98 valence electrons. The average molecular weight is 230 g/mol. The monoisotopic (exact) mass is 230 g/mol. The van der Waals surface area contributed by atoms with Crippen molar-refractivity contribution in [2.45, 2.75) is 46.6 Å². The summed E-state index contributed by atoms with van der Waals surface area (Å²) in [5.74, 6) is 0. The number of likely N-dealkylation sites (N-methyl/N-ethyl adjacent to an activating group) is 1. The number of nitrogens with zero attached hydrogens (tertiary/aromatic N) is 1. The molecule has 0 atom stereocenters. The van der Waals surface area contributed by atoms with Gasteiger partial charge in [-0.25, -0.2) is 0 Å². The Bertz CT molecular complexity index is 190. The van der Waals surface area contributed by atoms with Crippen LogP contribution in [-0.4, -0.2) is 48.8 Å². The molecule has 3 heteroatoms. The Morgan fingerprint density at radius 1 is 1.19 bits per heavy atom. The zero-order valence-electron chi connectivity index (χ0n) is 11.9. The fourth-order valence-electron chi connectivity index (χ4n) is 1.64. The molecule has 0 saturated heterocycles. The zero-order chi connectivity index (χ0) is 12.8. The van der Waals surface area contributed by atoms with E-state index in [1.165, 1.54) is 6.42 Å². The molecule has 0 radical (unpaired) electrons. The lowest BCUT2D eigenvalue weighted by Gasteiger charge is -2.39. The highest BCUT2D eigenvalue weighted by molar-refractivity contribution is 4.83. The molecule has 0 amide bonds. The topological polar surface area (TPSA) is 35.5 Å². The van der Waals surface area contributed by atoms with Crippen LogP contribution in [0.5, 0.6) is 0 Å². The minimum atomic E-state index is -0.137. The number of nitrogens with one attached hydrogen (secondary N) is 1. The van der Waals surface area contributed by atoms with Gasteiger partial charge in [-0.05, 0) is 39.3 Å². The second-order valence-corrected chi connectivity index (χ2v) is 6.17. The third kappa shape index (κ3) is 5.83. The first-order chi connectivity index (χ1) is 7.25. The molecule has 0 unspecified atom stereocenters. The minimum Gasteiger partial charge on any atom is -0.394 e. The van der Waals surface area contributed by atoms with Gasteiger partial charge in [-0.1, -0.05) is 20.8 Å². The van der Waals surface area contributed by atoms with E-state index in [1.54, 1.807) is 0 Å². The molecule has 0 rings (SSSR count). The molecule has 0 aliphatic carbocycles. The third-order valence-corrected chi connectivity index (χ3v) is 3.12. The van der Waals surface area contributed by atoms with Crippen LogP contribution in [0.3, 0.4) is 0 Å². The van der Waals surface area contributed by atoms with Gasteiger partial charge in [0.15, 0.2) is 0 Å². The second-order valence-electron chi connectivity index (χ2n) is 6.17. The van der Waals surface area contributed by atoms with E-state index in [9.17, 15) is 5.11 Å². The smallest absolute Gasteiger partial charge is 0.0609 e. The first-order valence-corrected chi connectivity index (χ1v) is 6.28. The first kappa shape index (κ1) is 15.9. The summed E-state index contributed by atoms with van der Waals surface area (Å²) in [5.41, 5.74) is 0.0956. The summed E-state index contributed by atoms with van der Waals surface area (Å²) < 4.78 is 0. The second kappa shape index (κ2) is 6.58. The van der Waals surface area contributed by atoms with Crippen molar-refractivity contribution in [3.63, 3.8) is 0 Å².